The molecule has 2 aromatic carbocycles. The molecule has 0 atom stereocenters. The Balaban J connectivity index is 1.62. The Labute approximate surface area is 131 Å². The molecule has 1 fully saturated rings. The zero-order chi connectivity index (χ0) is 15.4. The van der Waals surface area contributed by atoms with Gasteiger partial charge in [0.25, 0.3) is 5.91 Å². The minimum Gasteiger partial charge on any atom is -0.339 e. The molecule has 3 heteroatoms. The summed E-state index contributed by atoms with van der Waals surface area (Å²) in [7, 11) is 0. The molecule has 0 spiro atoms. The van der Waals surface area contributed by atoms with Crippen molar-refractivity contribution in [1.29, 1.82) is 0 Å². The highest BCUT2D eigenvalue weighted by Gasteiger charge is 2.24. The van der Waals surface area contributed by atoms with Gasteiger partial charge < -0.3 is 10.6 Å². The summed E-state index contributed by atoms with van der Waals surface area (Å²) in [4.78, 5) is 14.5. The predicted octanol–water partition coefficient (Wildman–Crippen LogP) is 3.17. The summed E-state index contributed by atoms with van der Waals surface area (Å²) in [6, 6.07) is 18.2. The van der Waals surface area contributed by atoms with E-state index in [9.17, 15) is 4.79 Å². The average molecular weight is 294 g/mol. The summed E-state index contributed by atoms with van der Waals surface area (Å²) in [5, 5.41) is 0. The van der Waals surface area contributed by atoms with Crippen LogP contribution in [0.2, 0.25) is 0 Å². The number of nitrogens with zero attached hydrogens (tertiary/aromatic N) is 1. The van der Waals surface area contributed by atoms with E-state index in [2.05, 4.69) is 24.3 Å². The Hall–Kier alpha value is -2.13. The van der Waals surface area contributed by atoms with Crippen LogP contribution in [0.5, 0.6) is 0 Å². The topological polar surface area (TPSA) is 46.3 Å². The van der Waals surface area contributed by atoms with Crippen molar-refractivity contribution in [2.24, 2.45) is 5.73 Å². The molecular formula is C19H22N2O. The summed E-state index contributed by atoms with van der Waals surface area (Å²) < 4.78 is 0. The van der Waals surface area contributed by atoms with Crippen LogP contribution in [0.15, 0.2) is 54.6 Å². The molecule has 0 saturated carbocycles. The van der Waals surface area contributed by atoms with Crippen LogP contribution in [-0.2, 0) is 6.54 Å². The van der Waals surface area contributed by atoms with Gasteiger partial charge in [0, 0.05) is 25.2 Å². The normalized spacial score (nSPS) is 15.8. The molecule has 0 unspecified atom stereocenters. The first-order valence-electron chi connectivity index (χ1n) is 7.91. The number of nitrogens with two attached hydrogens (primary N) is 1. The summed E-state index contributed by atoms with van der Waals surface area (Å²) in [6.07, 6.45) is 2.08. The molecule has 1 saturated heterocycles. The molecule has 3 nitrogen and oxygen atoms in total. The maximum Gasteiger partial charge on any atom is 0.253 e. The van der Waals surface area contributed by atoms with Crippen LogP contribution in [0.1, 0.15) is 40.2 Å². The van der Waals surface area contributed by atoms with E-state index in [-0.39, 0.29) is 5.91 Å². The van der Waals surface area contributed by atoms with E-state index in [1.165, 1.54) is 5.56 Å². The Morgan fingerprint density at radius 3 is 2.23 bits per heavy atom. The fourth-order valence-electron chi connectivity index (χ4n) is 3.11. The number of amides is 1. The second-order valence-corrected chi connectivity index (χ2v) is 5.88. The van der Waals surface area contributed by atoms with E-state index in [0.29, 0.717) is 12.5 Å². The summed E-state index contributed by atoms with van der Waals surface area (Å²) in [5.74, 6) is 0.708. The predicted molar refractivity (Wildman–Crippen MR) is 88.7 cm³/mol. The maximum absolute atomic E-state index is 12.5. The van der Waals surface area contributed by atoms with Gasteiger partial charge in [-0.2, -0.15) is 0 Å². The van der Waals surface area contributed by atoms with Gasteiger partial charge in [-0.05, 0) is 42.0 Å². The van der Waals surface area contributed by atoms with Crippen LogP contribution in [0.25, 0.3) is 0 Å². The largest absolute Gasteiger partial charge is 0.339 e. The third-order valence-corrected chi connectivity index (χ3v) is 4.49. The molecule has 1 heterocycles. The molecule has 2 N–H and O–H groups in total. The van der Waals surface area contributed by atoms with E-state index in [4.69, 9.17) is 5.73 Å². The summed E-state index contributed by atoms with van der Waals surface area (Å²) in [5.41, 5.74) is 8.80. The first-order chi connectivity index (χ1) is 10.8. The number of rotatable bonds is 3. The smallest absolute Gasteiger partial charge is 0.253 e. The first-order valence-corrected chi connectivity index (χ1v) is 7.91. The van der Waals surface area contributed by atoms with Gasteiger partial charge >= 0.3 is 0 Å². The molecule has 0 radical (unpaired) electrons. The van der Waals surface area contributed by atoms with Crippen molar-refractivity contribution in [1.82, 2.24) is 4.90 Å². The van der Waals surface area contributed by atoms with Gasteiger partial charge in [0.1, 0.15) is 0 Å². The van der Waals surface area contributed by atoms with Crippen molar-refractivity contribution in [2.45, 2.75) is 25.3 Å². The number of piperidine rings is 1. The lowest BCUT2D eigenvalue weighted by atomic mass is 9.89. The van der Waals surface area contributed by atoms with Gasteiger partial charge in [0.2, 0.25) is 0 Å². The second kappa shape index (κ2) is 6.75. The second-order valence-electron chi connectivity index (χ2n) is 5.88. The number of hydrogen-bond donors (Lipinski definition) is 1. The molecule has 22 heavy (non-hydrogen) atoms. The Morgan fingerprint density at radius 2 is 1.64 bits per heavy atom. The van der Waals surface area contributed by atoms with Crippen molar-refractivity contribution in [3.63, 3.8) is 0 Å². The molecule has 0 bridgehead atoms. The first kappa shape index (κ1) is 14.8. The zero-order valence-corrected chi connectivity index (χ0v) is 12.7. The Bertz CT molecular complexity index is 614. The maximum atomic E-state index is 12.5. The number of benzene rings is 2. The van der Waals surface area contributed by atoms with Crippen LogP contribution in [-0.4, -0.2) is 23.9 Å². The molecular weight excluding hydrogens is 272 g/mol. The number of hydrogen-bond acceptors (Lipinski definition) is 2. The molecule has 0 aliphatic carbocycles. The van der Waals surface area contributed by atoms with E-state index >= 15 is 0 Å². The highest BCUT2D eigenvalue weighted by molar-refractivity contribution is 5.94. The molecule has 1 amide bonds. The summed E-state index contributed by atoms with van der Waals surface area (Å²) in [6.45, 7) is 2.17. The Kier molecular flexibility index (Phi) is 4.54. The highest BCUT2D eigenvalue weighted by atomic mass is 16.2. The molecule has 114 valence electrons. The quantitative estimate of drug-likeness (QED) is 0.945. The van der Waals surface area contributed by atoms with Gasteiger partial charge in [0.15, 0.2) is 0 Å². The zero-order valence-electron chi connectivity index (χ0n) is 12.7. The third kappa shape index (κ3) is 3.20. The van der Waals surface area contributed by atoms with Crippen molar-refractivity contribution in [3.05, 3.63) is 71.3 Å². The molecule has 2 aromatic rings. The lowest BCUT2D eigenvalue weighted by molar-refractivity contribution is 0.0713. The van der Waals surface area contributed by atoms with Gasteiger partial charge in [-0.25, -0.2) is 0 Å². The van der Waals surface area contributed by atoms with Crippen LogP contribution in [0, 0.1) is 0 Å². The van der Waals surface area contributed by atoms with Crippen molar-refractivity contribution >= 4 is 5.91 Å². The SMILES string of the molecule is NCc1ccc(C(=O)N2CCC(c3ccccc3)CC2)cc1. The van der Waals surface area contributed by atoms with Crippen molar-refractivity contribution < 1.29 is 4.79 Å². The van der Waals surface area contributed by atoms with Crippen molar-refractivity contribution in [3.8, 4) is 0 Å². The van der Waals surface area contributed by atoms with Crippen LogP contribution < -0.4 is 5.73 Å². The minimum atomic E-state index is 0.134. The average Bonchev–Trinajstić information content (AvgIpc) is 2.62. The monoisotopic (exact) mass is 294 g/mol. The van der Waals surface area contributed by atoms with Gasteiger partial charge in [-0.3, -0.25) is 4.79 Å². The molecule has 1 aliphatic heterocycles. The number of carbonyl (C=O) groups excluding carboxylic acids is 1. The summed E-state index contributed by atoms with van der Waals surface area (Å²) >= 11 is 0. The van der Waals surface area contributed by atoms with Crippen LogP contribution >= 0.6 is 0 Å². The Morgan fingerprint density at radius 1 is 1.00 bits per heavy atom. The number of likely N-dealkylation sites (tertiary alicyclic amines) is 1. The third-order valence-electron chi connectivity index (χ3n) is 4.49. The van der Waals surface area contributed by atoms with Gasteiger partial charge in [0.05, 0.1) is 0 Å². The van der Waals surface area contributed by atoms with E-state index in [0.717, 1.165) is 37.1 Å². The van der Waals surface area contributed by atoms with Gasteiger partial charge in [-0.1, -0.05) is 42.5 Å². The van der Waals surface area contributed by atoms with Crippen LogP contribution in [0.4, 0.5) is 0 Å². The van der Waals surface area contributed by atoms with Crippen LogP contribution in [0.3, 0.4) is 0 Å². The lowest BCUT2D eigenvalue weighted by Crippen LogP contribution is -2.37. The molecule has 0 aromatic heterocycles. The van der Waals surface area contributed by atoms with Gasteiger partial charge in [-0.15, -0.1) is 0 Å². The standard InChI is InChI=1S/C19H22N2O/c20-14-15-6-8-18(9-7-15)19(22)21-12-10-17(11-13-21)16-4-2-1-3-5-16/h1-9,17H,10-14,20H2. The molecule has 1 aliphatic rings. The number of carbonyl (C=O) groups is 1. The van der Waals surface area contributed by atoms with Crippen molar-refractivity contribution in [2.75, 3.05) is 13.1 Å². The van der Waals surface area contributed by atoms with E-state index in [1.54, 1.807) is 0 Å². The van der Waals surface area contributed by atoms with E-state index in [1.807, 2.05) is 35.2 Å². The fraction of sp³-hybridized carbons (Fsp3) is 0.316. The highest BCUT2D eigenvalue weighted by Crippen LogP contribution is 2.28. The lowest BCUT2D eigenvalue weighted by Gasteiger charge is -2.32. The van der Waals surface area contributed by atoms with E-state index < -0.39 is 0 Å². The fourth-order valence-corrected chi connectivity index (χ4v) is 3.11. The molecule has 3 rings (SSSR count). The minimum absolute atomic E-state index is 0.134.